The molecule has 0 amide bonds. The smallest absolute Gasteiger partial charge is 0.0107 e. The van der Waals surface area contributed by atoms with Crippen LogP contribution in [0.5, 0.6) is 0 Å². The molecule has 2 fully saturated rings. The van der Waals surface area contributed by atoms with Crippen LogP contribution in [0.15, 0.2) is 30.3 Å². The molecule has 1 saturated heterocycles. The predicted octanol–water partition coefficient (Wildman–Crippen LogP) is 3.64. The molecule has 1 N–H and O–H groups in total. The van der Waals surface area contributed by atoms with Crippen LogP contribution in [-0.4, -0.2) is 37.1 Å². The van der Waals surface area contributed by atoms with Gasteiger partial charge in [0, 0.05) is 19.1 Å². The van der Waals surface area contributed by atoms with Crippen molar-refractivity contribution in [2.24, 2.45) is 5.92 Å². The molecule has 1 aliphatic heterocycles. The van der Waals surface area contributed by atoms with Crippen molar-refractivity contribution in [3.8, 4) is 0 Å². The van der Waals surface area contributed by atoms with Gasteiger partial charge in [-0.1, -0.05) is 50.1 Å². The van der Waals surface area contributed by atoms with Crippen molar-refractivity contribution in [2.75, 3.05) is 26.2 Å². The molecular formula is C19H30N2. The highest BCUT2D eigenvalue weighted by Gasteiger charge is 2.30. The number of nitrogens with one attached hydrogen (secondary N) is 1. The summed E-state index contributed by atoms with van der Waals surface area (Å²) in [7, 11) is 0. The summed E-state index contributed by atoms with van der Waals surface area (Å²) < 4.78 is 0. The van der Waals surface area contributed by atoms with Gasteiger partial charge in [0.1, 0.15) is 0 Å². The van der Waals surface area contributed by atoms with Gasteiger partial charge in [-0.3, -0.25) is 0 Å². The molecule has 1 aromatic carbocycles. The van der Waals surface area contributed by atoms with E-state index in [2.05, 4.69) is 47.5 Å². The van der Waals surface area contributed by atoms with Crippen LogP contribution < -0.4 is 5.32 Å². The Hall–Kier alpha value is -0.860. The molecule has 2 aliphatic rings. The van der Waals surface area contributed by atoms with E-state index in [-0.39, 0.29) is 0 Å². The minimum absolute atomic E-state index is 0.757. The van der Waals surface area contributed by atoms with E-state index in [1.165, 1.54) is 57.3 Å². The van der Waals surface area contributed by atoms with Gasteiger partial charge in [-0.2, -0.15) is 0 Å². The summed E-state index contributed by atoms with van der Waals surface area (Å²) in [5.74, 6) is 1.63. The number of hydrogen-bond donors (Lipinski definition) is 1. The van der Waals surface area contributed by atoms with E-state index in [1.807, 2.05) is 0 Å². The molecule has 0 bridgehead atoms. The highest BCUT2D eigenvalue weighted by Crippen LogP contribution is 2.30. The Morgan fingerprint density at radius 3 is 2.71 bits per heavy atom. The molecule has 3 unspecified atom stereocenters. The zero-order chi connectivity index (χ0) is 14.5. The minimum Gasteiger partial charge on any atom is -0.314 e. The lowest BCUT2D eigenvalue weighted by atomic mass is 9.84. The SMILES string of the molecule is CCNC1CCCCC1CN1CCC(c2ccccc2)C1. The molecule has 1 aromatic rings. The van der Waals surface area contributed by atoms with Crippen LogP contribution in [0.4, 0.5) is 0 Å². The zero-order valence-electron chi connectivity index (χ0n) is 13.4. The Morgan fingerprint density at radius 1 is 1.10 bits per heavy atom. The molecule has 1 saturated carbocycles. The normalized spacial score (nSPS) is 30.6. The molecule has 2 heteroatoms. The average Bonchev–Trinajstić information content (AvgIpc) is 2.99. The Kier molecular flexibility index (Phi) is 5.32. The zero-order valence-corrected chi connectivity index (χ0v) is 13.4. The maximum absolute atomic E-state index is 3.72. The lowest BCUT2D eigenvalue weighted by molar-refractivity contribution is 0.189. The molecule has 0 spiro atoms. The number of rotatable bonds is 5. The lowest BCUT2D eigenvalue weighted by Gasteiger charge is -2.35. The third-order valence-electron chi connectivity index (χ3n) is 5.41. The Balaban J connectivity index is 1.54. The molecule has 3 atom stereocenters. The van der Waals surface area contributed by atoms with Crippen LogP contribution in [-0.2, 0) is 0 Å². The van der Waals surface area contributed by atoms with Gasteiger partial charge in [0.05, 0.1) is 0 Å². The molecule has 0 radical (unpaired) electrons. The minimum atomic E-state index is 0.757. The largest absolute Gasteiger partial charge is 0.314 e. The number of hydrogen-bond acceptors (Lipinski definition) is 2. The van der Waals surface area contributed by atoms with Gasteiger partial charge in [-0.25, -0.2) is 0 Å². The van der Waals surface area contributed by atoms with E-state index in [1.54, 1.807) is 0 Å². The Bertz CT molecular complexity index is 415. The molecular weight excluding hydrogens is 256 g/mol. The third-order valence-corrected chi connectivity index (χ3v) is 5.41. The first kappa shape index (κ1) is 15.1. The van der Waals surface area contributed by atoms with Crippen molar-refractivity contribution >= 4 is 0 Å². The van der Waals surface area contributed by atoms with E-state index in [0.29, 0.717) is 0 Å². The summed E-state index contributed by atoms with van der Waals surface area (Å²) in [6.45, 7) is 7.22. The molecule has 0 aromatic heterocycles. The fraction of sp³-hybridized carbons (Fsp3) is 0.684. The van der Waals surface area contributed by atoms with Gasteiger partial charge in [-0.05, 0) is 49.8 Å². The Labute approximate surface area is 129 Å². The molecule has 21 heavy (non-hydrogen) atoms. The van der Waals surface area contributed by atoms with Crippen molar-refractivity contribution < 1.29 is 0 Å². The Morgan fingerprint density at radius 2 is 1.90 bits per heavy atom. The van der Waals surface area contributed by atoms with Gasteiger partial charge < -0.3 is 10.2 Å². The monoisotopic (exact) mass is 286 g/mol. The van der Waals surface area contributed by atoms with E-state index >= 15 is 0 Å². The van der Waals surface area contributed by atoms with Crippen LogP contribution in [0.25, 0.3) is 0 Å². The summed E-state index contributed by atoms with van der Waals surface area (Å²) in [4.78, 5) is 2.72. The molecule has 1 aliphatic carbocycles. The molecule has 116 valence electrons. The van der Waals surface area contributed by atoms with E-state index in [0.717, 1.165) is 24.4 Å². The van der Waals surface area contributed by atoms with Crippen molar-refractivity contribution in [3.63, 3.8) is 0 Å². The third kappa shape index (κ3) is 3.87. The maximum Gasteiger partial charge on any atom is 0.0107 e. The summed E-state index contributed by atoms with van der Waals surface area (Å²) in [6.07, 6.45) is 6.99. The first-order chi connectivity index (χ1) is 10.4. The van der Waals surface area contributed by atoms with Crippen LogP contribution in [0.1, 0.15) is 50.5 Å². The van der Waals surface area contributed by atoms with Gasteiger partial charge in [0.25, 0.3) is 0 Å². The van der Waals surface area contributed by atoms with E-state index < -0.39 is 0 Å². The van der Waals surface area contributed by atoms with Crippen molar-refractivity contribution in [3.05, 3.63) is 35.9 Å². The van der Waals surface area contributed by atoms with Gasteiger partial charge >= 0.3 is 0 Å². The standard InChI is InChI=1S/C19H30N2/c1-2-20-19-11-7-6-10-18(19)15-21-13-12-17(14-21)16-8-4-3-5-9-16/h3-5,8-9,17-20H,2,6-7,10-15H2,1H3. The topological polar surface area (TPSA) is 15.3 Å². The molecule has 1 heterocycles. The van der Waals surface area contributed by atoms with Crippen LogP contribution in [0, 0.1) is 5.92 Å². The fourth-order valence-electron chi connectivity index (χ4n) is 4.28. The summed E-state index contributed by atoms with van der Waals surface area (Å²) in [6, 6.07) is 11.9. The van der Waals surface area contributed by atoms with Crippen molar-refractivity contribution in [1.82, 2.24) is 10.2 Å². The van der Waals surface area contributed by atoms with Crippen LogP contribution in [0.2, 0.25) is 0 Å². The van der Waals surface area contributed by atoms with Crippen LogP contribution >= 0.6 is 0 Å². The van der Waals surface area contributed by atoms with Gasteiger partial charge in [-0.15, -0.1) is 0 Å². The highest BCUT2D eigenvalue weighted by molar-refractivity contribution is 5.21. The maximum atomic E-state index is 3.72. The van der Waals surface area contributed by atoms with E-state index in [4.69, 9.17) is 0 Å². The molecule has 3 rings (SSSR count). The summed E-state index contributed by atoms with van der Waals surface area (Å²) >= 11 is 0. The van der Waals surface area contributed by atoms with Gasteiger partial charge in [0.2, 0.25) is 0 Å². The van der Waals surface area contributed by atoms with Crippen molar-refractivity contribution in [1.29, 1.82) is 0 Å². The average molecular weight is 286 g/mol. The number of likely N-dealkylation sites (tertiary alicyclic amines) is 1. The lowest BCUT2D eigenvalue weighted by Crippen LogP contribution is -2.43. The quantitative estimate of drug-likeness (QED) is 0.889. The first-order valence-corrected chi connectivity index (χ1v) is 8.87. The highest BCUT2D eigenvalue weighted by atomic mass is 15.2. The predicted molar refractivity (Wildman–Crippen MR) is 89.7 cm³/mol. The first-order valence-electron chi connectivity index (χ1n) is 8.87. The van der Waals surface area contributed by atoms with Crippen LogP contribution in [0.3, 0.4) is 0 Å². The fourth-order valence-corrected chi connectivity index (χ4v) is 4.28. The summed E-state index contributed by atoms with van der Waals surface area (Å²) in [5, 5.41) is 3.72. The number of nitrogens with zero attached hydrogens (tertiary/aromatic N) is 1. The van der Waals surface area contributed by atoms with Crippen molar-refractivity contribution in [2.45, 2.75) is 51.0 Å². The second kappa shape index (κ2) is 7.42. The van der Waals surface area contributed by atoms with Gasteiger partial charge in [0.15, 0.2) is 0 Å². The molecule has 2 nitrogen and oxygen atoms in total. The summed E-state index contributed by atoms with van der Waals surface area (Å²) in [5.41, 5.74) is 1.53. The number of benzene rings is 1. The second-order valence-corrected chi connectivity index (χ2v) is 6.86. The van der Waals surface area contributed by atoms with E-state index in [9.17, 15) is 0 Å². The second-order valence-electron chi connectivity index (χ2n) is 6.86.